The molecular formula is C12H19N7O3P+. The van der Waals surface area contributed by atoms with Crippen molar-refractivity contribution < 1.29 is 14.4 Å². The van der Waals surface area contributed by atoms with Gasteiger partial charge >= 0.3 is 8.10 Å². The minimum atomic E-state index is -1.71. The van der Waals surface area contributed by atoms with Crippen molar-refractivity contribution in [1.82, 2.24) is 28.9 Å². The van der Waals surface area contributed by atoms with Crippen LogP contribution >= 0.6 is 8.10 Å². The maximum Gasteiger partial charge on any atom is 0.537 e. The zero-order chi connectivity index (χ0) is 16.6. The van der Waals surface area contributed by atoms with Gasteiger partial charge in [-0.15, -0.1) is 0 Å². The van der Waals surface area contributed by atoms with Gasteiger partial charge in [0.25, 0.3) is 0 Å². The van der Waals surface area contributed by atoms with Crippen molar-refractivity contribution in [2.24, 2.45) is 0 Å². The van der Waals surface area contributed by atoms with Crippen molar-refractivity contribution in [2.75, 3.05) is 39.5 Å². The maximum atomic E-state index is 12.4. The number of nitrogens with two attached hydrogens (primary N) is 1. The predicted molar refractivity (Wildman–Crippen MR) is 83.6 cm³/mol. The van der Waals surface area contributed by atoms with Crippen LogP contribution in [0.4, 0.5) is 5.82 Å². The Balaban J connectivity index is 1.93. The first-order chi connectivity index (χ1) is 11.0. The van der Waals surface area contributed by atoms with Crippen molar-refractivity contribution in [1.29, 1.82) is 0 Å². The van der Waals surface area contributed by atoms with Crippen molar-refractivity contribution in [3.8, 4) is 0 Å². The number of hydrogen-bond acceptors (Lipinski definition) is 7. The smallest absolute Gasteiger partial charge is 0.394 e. The molecule has 1 aliphatic rings. The first-order valence-corrected chi connectivity index (χ1v) is 8.26. The van der Waals surface area contributed by atoms with E-state index >= 15 is 0 Å². The zero-order valence-corrected chi connectivity index (χ0v) is 13.8. The van der Waals surface area contributed by atoms with Gasteiger partial charge in [0, 0.05) is 14.1 Å². The van der Waals surface area contributed by atoms with E-state index in [1.165, 1.54) is 6.33 Å². The van der Waals surface area contributed by atoms with Gasteiger partial charge in [-0.1, -0.05) is 9.34 Å². The molecule has 0 saturated carbocycles. The largest absolute Gasteiger partial charge is 0.537 e. The van der Waals surface area contributed by atoms with E-state index < -0.39 is 20.4 Å². The molecule has 11 heteroatoms. The second-order valence-corrected chi connectivity index (χ2v) is 7.32. The van der Waals surface area contributed by atoms with Crippen LogP contribution in [0.1, 0.15) is 6.23 Å². The first-order valence-electron chi connectivity index (χ1n) is 7.10. The molecular weight excluding hydrogens is 321 g/mol. The second kappa shape index (κ2) is 6.42. The van der Waals surface area contributed by atoms with Crippen LogP contribution < -0.4 is 5.73 Å². The molecule has 23 heavy (non-hydrogen) atoms. The lowest BCUT2D eigenvalue weighted by Gasteiger charge is -2.32. The fourth-order valence-corrected chi connectivity index (χ4v) is 3.63. The van der Waals surface area contributed by atoms with Crippen LogP contribution in [0.3, 0.4) is 0 Å². The van der Waals surface area contributed by atoms with E-state index in [0.717, 1.165) is 0 Å². The molecule has 0 amide bonds. The minimum Gasteiger partial charge on any atom is -0.394 e. The third-order valence-corrected chi connectivity index (χ3v) is 5.11. The summed E-state index contributed by atoms with van der Waals surface area (Å²) in [6.07, 6.45) is 2.02. The topological polar surface area (TPSA) is 123 Å². The number of imidazole rings is 1. The summed E-state index contributed by atoms with van der Waals surface area (Å²) in [6.45, 7) is 0.622. The number of aromatic nitrogens is 4. The van der Waals surface area contributed by atoms with Crippen LogP contribution in [-0.2, 0) is 9.30 Å². The van der Waals surface area contributed by atoms with E-state index in [0.29, 0.717) is 30.1 Å². The van der Waals surface area contributed by atoms with Gasteiger partial charge in [0.05, 0.1) is 32.1 Å². The summed E-state index contributed by atoms with van der Waals surface area (Å²) in [4.78, 5) is 12.3. The van der Waals surface area contributed by atoms with E-state index in [1.807, 2.05) is 0 Å². The van der Waals surface area contributed by atoms with E-state index in [-0.39, 0.29) is 6.61 Å². The van der Waals surface area contributed by atoms with Crippen LogP contribution in [-0.4, -0.2) is 73.9 Å². The molecule has 3 N–H and O–H groups in total. The number of nitrogens with zero attached hydrogens (tertiary/aromatic N) is 6. The molecule has 0 aliphatic carbocycles. The molecule has 1 fully saturated rings. The monoisotopic (exact) mass is 340 g/mol. The summed E-state index contributed by atoms with van der Waals surface area (Å²) in [5.41, 5.74) is 6.83. The van der Waals surface area contributed by atoms with Crippen molar-refractivity contribution in [3.05, 3.63) is 12.7 Å². The van der Waals surface area contributed by atoms with E-state index in [2.05, 4.69) is 15.0 Å². The van der Waals surface area contributed by atoms with Gasteiger partial charge in [-0.25, -0.2) is 15.0 Å². The molecule has 3 rings (SSSR count). The number of morpholine rings is 1. The van der Waals surface area contributed by atoms with Crippen LogP contribution in [0.15, 0.2) is 12.7 Å². The Kier molecular flexibility index (Phi) is 4.51. The number of aliphatic hydroxyl groups is 1. The van der Waals surface area contributed by atoms with Gasteiger partial charge in [0.1, 0.15) is 11.8 Å². The quantitative estimate of drug-likeness (QED) is 0.730. The van der Waals surface area contributed by atoms with Crippen LogP contribution in [0.2, 0.25) is 0 Å². The molecule has 0 radical (unpaired) electrons. The highest BCUT2D eigenvalue weighted by molar-refractivity contribution is 7.39. The summed E-state index contributed by atoms with van der Waals surface area (Å²) < 4.78 is 23.4. The lowest BCUT2D eigenvalue weighted by atomic mass is 10.3. The predicted octanol–water partition coefficient (Wildman–Crippen LogP) is -0.181. The number of fused-ring (bicyclic) bond motifs is 1. The lowest BCUT2D eigenvalue weighted by molar-refractivity contribution is -0.116. The average molecular weight is 340 g/mol. The van der Waals surface area contributed by atoms with Crippen LogP contribution in [0.25, 0.3) is 11.2 Å². The molecule has 2 aromatic rings. The summed E-state index contributed by atoms with van der Waals surface area (Å²) >= 11 is 0. The van der Waals surface area contributed by atoms with Crippen LogP contribution in [0.5, 0.6) is 0 Å². The highest BCUT2D eigenvalue weighted by Crippen LogP contribution is 2.35. The lowest BCUT2D eigenvalue weighted by Crippen LogP contribution is -2.44. The minimum absolute atomic E-state index is 0.159. The molecule has 0 aromatic carbocycles. The third kappa shape index (κ3) is 3.04. The molecule has 2 aromatic heterocycles. The molecule has 10 nitrogen and oxygen atoms in total. The summed E-state index contributed by atoms with van der Waals surface area (Å²) in [7, 11) is 1.79. The van der Waals surface area contributed by atoms with E-state index in [4.69, 9.17) is 10.5 Å². The molecule has 0 spiro atoms. The normalized spacial score (nSPS) is 23.6. The van der Waals surface area contributed by atoms with Gasteiger partial charge in [0.15, 0.2) is 17.7 Å². The van der Waals surface area contributed by atoms with E-state index in [9.17, 15) is 9.67 Å². The molecule has 0 bridgehead atoms. The molecule has 3 heterocycles. The third-order valence-electron chi connectivity index (χ3n) is 3.62. The Labute approximate surface area is 133 Å². The highest BCUT2D eigenvalue weighted by atomic mass is 31.1. The number of hydrogen-bond donors (Lipinski definition) is 2. The highest BCUT2D eigenvalue weighted by Gasteiger charge is 2.41. The van der Waals surface area contributed by atoms with Gasteiger partial charge < -0.3 is 15.6 Å². The Bertz CT molecular complexity index is 722. The summed E-state index contributed by atoms with van der Waals surface area (Å²) in [6, 6.07) is 0. The molecule has 124 valence electrons. The Morgan fingerprint density at radius 3 is 2.91 bits per heavy atom. The van der Waals surface area contributed by atoms with Gasteiger partial charge in [-0.05, 0) is 4.57 Å². The molecule has 1 saturated heterocycles. The van der Waals surface area contributed by atoms with Crippen LogP contribution in [0, 0.1) is 0 Å². The standard InChI is InChI=1S/C12H19N7O3P/c1-17(2)23(21)18-3-8(5-20)22-9(4-18)19-7-16-10-11(13)14-6-15-12(10)19/h6-9,20H,3-5H2,1-2H3,(H2,13,14,15)/q+1/t8-,9?/m0/s1. The first kappa shape index (κ1) is 16.2. The van der Waals surface area contributed by atoms with E-state index in [1.54, 1.807) is 34.3 Å². The Hall–Kier alpha value is -1.71. The van der Waals surface area contributed by atoms with Gasteiger partial charge in [-0.3, -0.25) is 4.57 Å². The summed E-state index contributed by atoms with van der Waals surface area (Å²) in [5.74, 6) is 0.291. The van der Waals surface area contributed by atoms with Crippen molar-refractivity contribution in [2.45, 2.75) is 12.3 Å². The molecule has 1 aliphatic heterocycles. The maximum absolute atomic E-state index is 12.4. The number of ether oxygens (including phenoxy) is 1. The number of rotatable bonds is 4. The molecule has 2 unspecified atom stereocenters. The fourth-order valence-electron chi connectivity index (χ4n) is 2.53. The van der Waals surface area contributed by atoms with Gasteiger partial charge in [-0.2, -0.15) is 0 Å². The van der Waals surface area contributed by atoms with Crippen molar-refractivity contribution >= 4 is 25.1 Å². The van der Waals surface area contributed by atoms with Gasteiger partial charge in [0.2, 0.25) is 0 Å². The Morgan fingerprint density at radius 1 is 1.43 bits per heavy atom. The number of anilines is 1. The zero-order valence-electron chi connectivity index (χ0n) is 12.9. The molecule has 3 atom stereocenters. The summed E-state index contributed by atoms with van der Waals surface area (Å²) in [5, 5.41) is 9.47. The fraction of sp³-hybridized carbons (Fsp3) is 0.583. The van der Waals surface area contributed by atoms with Crippen molar-refractivity contribution in [3.63, 3.8) is 0 Å². The second-order valence-electron chi connectivity index (χ2n) is 5.45. The number of nitrogen functional groups attached to an aromatic ring is 1. The average Bonchev–Trinajstić information content (AvgIpc) is 2.99. The number of aliphatic hydroxyl groups excluding tert-OH is 1. The Morgan fingerprint density at radius 2 is 2.22 bits per heavy atom. The SMILES string of the molecule is CN(C)[P+](=O)N1CC(n2cnc3c(N)ncnc32)O[C@H](CO)C1.